The number of aliphatic carboxylic acids is 1. The summed E-state index contributed by atoms with van der Waals surface area (Å²) in [6, 6.07) is 3.64. The number of carbonyl (C=O) groups excluding carboxylic acids is 1. The average Bonchev–Trinajstić information content (AvgIpc) is 2.48. The summed E-state index contributed by atoms with van der Waals surface area (Å²) in [6.07, 6.45) is 2.91. The molecule has 0 fully saturated rings. The van der Waals surface area contributed by atoms with Crippen molar-refractivity contribution in [2.24, 2.45) is 7.05 Å². The molecule has 4 nitrogen and oxygen atoms in total. The molecule has 1 heterocycles. The molecule has 0 aliphatic carbocycles. The predicted molar refractivity (Wildman–Crippen MR) is 59.0 cm³/mol. The van der Waals surface area contributed by atoms with Crippen molar-refractivity contribution < 1.29 is 35.8 Å². The van der Waals surface area contributed by atoms with E-state index in [1.54, 1.807) is 10.6 Å². The summed E-state index contributed by atoms with van der Waals surface area (Å²) in [5.74, 6) is -0.870. The van der Waals surface area contributed by atoms with E-state index < -0.39 is 5.97 Å². The molecule has 1 aromatic rings. The third-order valence-electron chi connectivity index (χ3n) is 1.72. The van der Waals surface area contributed by atoms with E-state index in [4.69, 9.17) is 5.11 Å². The first-order valence-electron chi connectivity index (χ1n) is 4.05. The molecule has 0 unspecified atom stereocenters. The van der Waals surface area contributed by atoms with Crippen LogP contribution in [-0.4, -0.2) is 21.9 Å². The van der Waals surface area contributed by atoms with Crippen LogP contribution in [0.1, 0.15) is 18.3 Å². The molecule has 0 radical (unpaired) electrons. The van der Waals surface area contributed by atoms with Crippen LogP contribution in [0.2, 0.25) is 0 Å². The Kier molecular flexibility index (Phi) is 13.4. The summed E-state index contributed by atoms with van der Waals surface area (Å²) in [5.41, 5.74) is 1.68. The molecule has 5 heteroatoms. The number of carbonyl (C=O) groups is 1. The third kappa shape index (κ3) is 7.29. The van der Waals surface area contributed by atoms with E-state index in [0.717, 1.165) is 12.1 Å². The fourth-order valence-electron chi connectivity index (χ4n) is 0.716. The molecular formula is C11H16NO3W-3. The number of carboxylic acid groups (broad SMARTS) is 1. The predicted octanol–water partition coefficient (Wildman–Crippen LogP) is 1.53. The summed E-state index contributed by atoms with van der Waals surface area (Å²) in [7, 11) is 1.84. The van der Waals surface area contributed by atoms with Crippen molar-refractivity contribution in [1.82, 2.24) is 4.57 Å². The van der Waals surface area contributed by atoms with Gasteiger partial charge < -0.3 is 21.9 Å². The molecule has 0 saturated heterocycles. The molecular weight excluding hydrogens is 378 g/mol. The number of nitrogens with zero attached hydrogens (tertiary/aromatic N) is 1. The van der Waals surface area contributed by atoms with Crippen LogP contribution in [0.3, 0.4) is 0 Å². The van der Waals surface area contributed by atoms with Gasteiger partial charge >= 0.3 is 0 Å². The van der Waals surface area contributed by atoms with Crippen LogP contribution in [0.4, 0.5) is 0 Å². The zero-order valence-electron chi connectivity index (χ0n) is 9.85. The van der Waals surface area contributed by atoms with Gasteiger partial charge in [-0.25, -0.2) is 0 Å². The Morgan fingerprint density at radius 1 is 1.50 bits per heavy atom. The van der Waals surface area contributed by atoms with Crippen molar-refractivity contribution in [2.75, 3.05) is 0 Å². The van der Waals surface area contributed by atoms with Crippen molar-refractivity contribution >= 4 is 12.3 Å². The molecule has 16 heavy (non-hydrogen) atoms. The van der Waals surface area contributed by atoms with Gasteiger partial charge in [-0.1, -0.05) is 5.69 Å². The van der Waals surface area contributed by atoms with E-state index in [0.29, 0.717) is 5.69 Å². The molecule has 1 rings (SSSR count). The monoisotopic (exact) mass is 394 g/mol. The van der Waals surface area contributed by atoms with Crippen LogP contribution in [-0.2, 0) is 37.7 Å². The minimum atomic E-state index is -0.870. The number of aromatic nitrogens is 1. The zero-order valence-corrected chi connectivity index (χ0v) is 12.8. The molecule has 1 aromatic heterocycles. The summed E-state index contributed by atoms with van der Waals surface area (Å²) < 4.78 is 1.80. The topological polar surface area (TPSA) is 59.3 Å². The van der Waals surface area contributed by atoms with Crippen LogP contribution in [0.25, 0.3) is 0 Å². The Balaban J connectivity index is -0.000000214. The van der Waals surface area contributed by atoms with Crippen LogP contribution in [0.15, 0.2) is 12.1 Å². The van der Waals surface area contributed by atoms with E-state index >= 15 is 0 Å². The van der Waals surface area contributed by atoms with Crippen molar-refractivity contribution in [3.05, 3.63) is 37.4 Å². The van der Waals surface area contributed by atoms with Crippen molar-refractivity contribution in [1.29, 1.82) is 0 Å². The molecule has 92 valence electrons. The van der Waals surface area contributed by atoms with Gasteiger partial charge in [-0.15, -0.1) is 6.07 Å². The first kappa shape index (κ1) is 20.4. The van der Waals surface area contributed by atoms with Gasteiger partial charge in [-0.2, -0.15) is 13.0 Å². The Hall–Kier alpha value is -1.02. The smallest absolute Gasteiger partial charge is 0.163 e. The Morgan fingerprint density at radius 2 is 1.94 bits per heavy atom. The summed E-state index contributed by atoms with van der Waals surface area (Å²) in [5, 5.41) is 7.67. The molecule has 0 bridgehead atoms. The SMILES string of the molecule is C[CH-]C(=O)O.Cc1ccc([C-]=O)n1C.[CH3-].[W]. The van der Waals surface area contributed by atoms with Gasteiger partial charge in [-0.05, 0) is 12.6 Å². The average molecular weight is 394 g/mol. The van der Waals surface area contributed by atoms with Crippen molar-refractivity contribution in [2.45, 2.75) is 13.8 Å². The quantitative estimate of drug-likeness (QED) is 0.775. The van der Waals surface area contributed by atoms with Gasteiger partial charge in [0.05, 0.1) is 0 Å². The normalized spacial score (nSPS) is 7.44. The maximum atomic E-state index is 10.1. The fraction of sp³-hybridized carbons (Fsp3) is 0.273. The van der Waals surface area contributed by atoms with Crippen LogP contribution < -0.4 is 0 Å². The van der Waals surface area contributed by atoms with E-state index in [1.165, 1.54) is 6.92 Å². The number of rotatable bonds is 2. The summed E-state index contributed by atoms with van der Waals surface area (Å²) >= 11 is 0. The van der Waals surface area contributed by atoms with Crippen LogP contribution in [0, 0.1) is 20.8 Å². The standard InChI is InChI=1S/C7H8NO.C3H5O2.CH3.W/c1-6-3-4-7(5-9)8(6)2;1-2-3(4)5;;/h3-4H,1-2H3;2H,1H3,(H,4,5);1H3;/q3*-1;. The molecule has 0 aromatic carbocycles. The third-order valence-corrected chi connectivity index (χ3v) is 1.72. The molecule has 0 spiro atoms. The van der Waals surface area contributed by atoms with Gasteiger partial charge in [0.15, 0.2) is 5.97 Å². The van der Waals surface area contributed by atoms with Gasteiger partial charge in [0, 0.05) is 34.4 Å². The largest absolute Gasteiger partial charge is 0.503 e. The molecule has 0 aliphatic heterocycles. The number of carboxylic acids is 1. The Bertz CT molecular complexity index is 321. The van der Waals surface area contributed by atoms with E-state index in [2.05, 4.69) is 0 Å². The van der Waals surface area contributed by atoms with Gasteiger partial charge in [0.25, 0.3) is 0 Å². The second-order valence-electron chi connectivity index (χ2n) is 2.65. The molecule has 0 atom stereocenters. The maximum Gasteiger partial charge on any atom is 0.163 e. The minimum Gasteiger partial charge on any atom is -0.503 e. The van der Waals surface area contributed by atoms with E-state index in [1.807, 2.05) is 26.3 Å². The van der Waals surface area contributed by atoms with E-state index in [9.17, 15) is 9.59 Å². The van der Waals surface area contributed by atoms with E-state index in [-0.39, 0.29) is 28.5 Å². The van der Waals surface area contributed by atoms with Gasteiger partial charge in [-0.3, -0.25) is 11.2 Å². The van der Waals surface area contributed by atoms with Crippen LogP contribution >= 0.6 is 0 Å². The molecule has 1 N–H and O–H groups in total. The number of hydrogen-bond acceptors (Lipinski definition) is 2. The van der Waals surface area contributed by atoms with Gasteiger partial charge in [0.2, 0.25) is 0 Å². The molecule has 0 amide bonds. The minimum absolute atomic E-state index is 0. The Morgan fingerprint density at radius 3 is 2.06 bits per heavy atom. The maximum absolute atomic E-state index is 10.1. The van der Waals surface area contributed by atoms with Crippen molar-refractivity contribution in [3.63, 3.8) is 0 Å². The number of hydrogen-bond donors (Lipinski definition) is 1. The Labute approximate surface area is 111 Å². The fourth-order valence-corrected chi connectivity index (χ4v) is 0.716. The summed E-state index contributed by atoms with van der Waals surface area (Å²) in [6.45, 7) is 3.42. The van der Waals surface area contributed by atoms with Gasteiger partial charge in [0.1, 0.15) is 0 Å². The zero-order chi connectivity index (χ0) is 11.1. The summed E-state index contributed by atoms with van der Waals surface area (Å²) in [4.78, 5) is 19.4. The second kappa shape index (κ2) is 10.5. The second-order valence-corrected chi connectivity index (χ2v) is 2.65. The first-order chi connectivity index (χ1) is 6.52. The van der Waals surface area contributed by atoms with Crippen molar-refractivity contribution in [3.8, 4) is 0 Å². The first-order valence-corrected chi connectivity index (χ1v) is 4.05. The molecule has 0 aliphatic rings. The number of aryl methyl sites for hydroxylation is 1. The molecule has 0 saturated carbocycles. The van der Waals surface area contributed by atoms with Crippen LogP contribution in [0.5, 0.6) is 0 Å².